The van der Waals surface area contributed by atoms with Gasteiger partial charge < -0.3 is 20.3 Å². The number of alkyl carbamates (subject to hydrolysis) is 1. The number of carboxylic acid groups (broad SMARTS) is 1. The van der Waals surface area contributed by atoms with Gasteiger partial charge in [-0.3, -0.25) is 0 Å². The zero-order valence-electron chi connectivity index (χ0n) is 12.5. The van der Waals surface area contributed by atoms with Crippen molar-refractivity contribution in [3.63, 3.8) is 0 Å². The van der Waals surface area contributed by atoms with Gasteiger partial charge in [-0.15, -0.1) is 0 Å². The first-order valence-corrected chi connectivity index (χ1v) is 6.22. The smallest absolute Gasteiger partial charge is 0.407 e. The predicted molar refractivity (Wildman–Crippen MR) is 70.9 cm³/mol. The molecule has 3 N–H and O–H groups in total. The van der Waals surface area contributed by atoms with Gasteiger partial charge in [-0.2, -0.15) is 0 Å². The summed E-state index contributed by atoms with van der Waals surface area (Å²) >= 11 is 0. The molecule has 0 aromatic heterocycles. The van der Waals surface area contributed by atoms with E-state index < -0.39 is 29.8 Å². The van der Waals surface area contributed by atoms with Crippen molar-refractivity contribution in [1.82, 2.24) is 5.32 Å². The van der Waals surface area contributed by atoms with Crippen molar-refractivity contribution in [2.24, 2.45) is 5.41 Å². The van der Waals surface area contributed by atoms with E-state index in [2.05, 4.69) is 5.32 Å². The summed E-state index contributed by atoms with van der Waals surface area (Å²) in [6.45, 7) is 10.8. The summed E-state index contributed by atoms with van der Waals surface area (Å²) in [6, 6.07) is -0.896. The SMILES string of the molecule is CC(C)(C)C[C@H](NC(=O)OC(C)(C)C)C(O)C(=O)O. The minimum Gasteiger partial charge on any atom is -0.479 e. The molecule has 0 aliphatic carbocycles. The zero-order valence-corrected chi connectivity index (χ0v) is 12.5. The number of hydrogen-bond acceptors (Lipinski definition) is 4. The molecule has 0 radical (unpaired) electrons. The number of amides is 1. The lowest BCUT2D eigenvalue weighted by molar-refractivity contribution is -0.148. The molecule has 0 aliphatic heterocycles. The summed E-state index contributed by atoms with van der Waals surface area (Å²) in [6.07, 6.45) is -2.08. The number of carbonyl (C=O) groups excluding carboxylic acids is 1. The summed E-state index contributed by atoms with van der Waals surface area (Å²) < 4.78 is 5.06. The Kier molecular flexibility index (Phi) is 5.81. The zero-order chi connectivity index (χ0) is 15.4. The molecular formula is C13H25NO5. The summed E-state index contributed by atoms with van der Waals surface area (Å²) in [4.78, 5) is 22.5. The molecule has 1 unspecified atom stereocenters. The fourth-order valence-corrected chi connectivity index (χ4v) is 1.53. The first-order valence-electron chi connectivity index (χ1n) is 6.22. The highest BCUT2D eigenvalue weighted by Crippen LogP contribution is 2.22. The van der Waals surface area contributed by atoms with Gasteiger partial charge >= 0.3 is 12.1 Å². The molecule has 0 aliphatic rings. The summed E-state index contributed by atoms with van der Waals surface area (Å²) in [5.74, 6) is -1.37. The van der Waals surface area contributed by atoms with Gasteiger partial charge in [0.05, 0.1) is 6.04 Å². The van der Waals surface area contributed by atoms with E-state index in [0.29, 0.717) is 6.42 Å². The third-order valence-corrected chi connectivity index (χ3v) is 2.17. The van der Waals surface area contributed by atoms with Crippen molar-refractivity contribution < 1.29 is 24.5 Å². The monoisotopic (exact) mass is 275 g/mol. The van der Waals surface area contributed by atoms with Crippen LogP contribution in [0.2, 0.25) is 0 Å². The van der Waals surface area contributed by atoms with Gasteiger partial charge in [0.25, 0.3) is 0 Å². The molecule has 0 spiro atoms. The third kappa shape index (κ3) is 8.42. The van der Waals surface area contributed by atoms with Crippen molar-refractivity contribution in [2.45, 2.75) is 65.7 Å². The molecule has 0 saturated carbocycles. The van der Waals surface area contributed by atoms with E-state index in [1.54, 1.807) is 20.8 Å². The molecule has 0 bridgehead atoms. The van der Waals surface area contributed by atoms with Gasteiger partial charge in [0, 0.05) is 0 Å². The van der Waals surface area contributed by atoms with Crippen LogP contribution < -0.4 is 5.32 Å². The Hall–Kier alpha value is -1.30. The highest BCUT2D eigenvalue weighted by Gasteiger charge is 2.32. The quantitative estimate of drug-likeness (QED) is 0.726. The van der Waals surface area contributed by atoms with E-state index in [9.17, 15) is 14.7 Å². The fraction of sp³-hybridized carbons (Fsp3) is 0.846. The van der Waals surface area contributed by atoms with Gasteiger partial charge in [0.2, 0.25) is 0 Å². The third-order valence-electron chi connectivity index (χ3n) is 2.17. The Morgan fingerprint density at radius 2 is 1.63 bits per heavy atom. The molecule has 0 rings (SSSR count). The Labute approximate surface area is 114 Å². The molecule has 0 heterocycles. The molecule has 6 heteroatoms. The van der Waals surface area contributed by atoms with E-state index in [4.69, 9.17) is 9.84 Å². The standard InChI is InChI=1S/C13H25NO5/c1-12(2,3)7-8(9(15)10(16)17)14-11(18)19-13(4,5)6/h8-9,15H,7H2,1-6H3,(H,14,18)(H,16,17)/t8-,9?/m0/s1. The highest BCUT2D eigenvalue weighted by molar-refractivity contribution is 5.75. The number of carboxylic acids is 1. The van der Waals surface area contributed by atoms with Crippen LogP contribution >= 0.6 is 0 Å². The van der Waals surface area contributed by atoms with Crippen LogP contribution in [0.15, 0.2) is 0 Å². The van der Waals surface area contributed by atoms with Gasteiger partial charge in [0.1, 0.15) is 5.60 Å². The fourth-order valence-electron chi connectivity index (χ4n) is 1.53. The number of carbonyl (C=O) groups is 2. The normalized spacial score (nSPS) is 15.5. The second-order valence-electron chi connectivity index (χ2n) is 6.80. The summed E-state index contributed by atoms with van der Waals surface area (Å²) in [7, 11) is 0. The molecule has 2 atom stereocenters. The average Bonchev–Trinajstić information content (AvgIpc) is 2.09. The van der Waals surface area contributed by atoms with Crippen molar-refractivity contribution >= 4 is 12.1 Å². The molecular weight excluding hydrogens is 250 g/mol. The number of hydrogen-bond donors (Lipinski definition) is 3. The van der Waals surface area contributed by atoms with Crippen LogP contribution in [0.25, 0.3) is 0 Å². The van der Waals surface area contributed by atoms with Gasteiger partial charge in [-0.1, -0.05) is 20.8 Å². The lowest BCUT2D eigenvalue weighted by Crippen LogP contribution is -2.49. The molecule has 0 aromatic carbocycles. The van der Waals surface area contributed by atoms with E-state index >= 15 is 0 Å². The number of aliphatic hydroxyl groups is 1. The number of ether oxygens (including phenoxy) is 1. The van der Waals surface area contributed by atoms with Crippen LogP contribution in [0.5, 0.6) is 0 Å². The van der Waals surface area contributed by atoms with Crippen LogP contribution in [0.4, 0.5) is 4.79 Å². The topological polar surface area (TPSA) is 95.9 Å². The molecule has 112 valence electrons. The maximum Gasteiger partial charge on any atom is 0.407 e. The maximum absolute atomic E-state index is 11.6. The first-order chi connectivity index (χ1) is 8.32. The largest absolute Gasteiger partial charge is 0.479 e. The molecule has 0 fully saturated rings. The Morgan fingerprint density at radius 3 is 1.95 bits per heavy atom. The van der Waals surface area contributed by atoms with Crippen LogP contribution in [0.3, 0.4) is 0 Å². The van der Waals surface area contributed by atoms with Crippen molar-refractivity contribution in [2.75, 3.05) is 0 Å². The molecule has 6 nitrogen and oxygen atoms in total. The van der Waals surface area contributed by atoms with Crippen LogP contribution in [0.1, 0.15) is 48.0 Å². The first kappa shape index (κ1) is 17.7. The molecule has 1 amide bonds. The van der Waals surface area contributed by atoms with Gasteiger partial charge in [0.15, 0.2) is 6.10 Å². The Bertz CT molecular complexity index is 327. The van der Waals surface area contributed by atoms with Gasteiger partial charge in [-0.25, -0.2) is 9.59 Å². The van der Waals surface area contributed by atoms with Gasteiger partial charge in [-0.05, 0) is 32.6 Å². The lowest BCUT2D eigenvalue weighted by atomic mass is 9.86. The van der Waals surface area contributed by atoms with Crippen LogP contribution in [0, 0.1) is 5.41 Å². The molecule has 19 heavy (non-hydrogen) atoms. The number of aliphatic hydroxyl groups excluding tert-OH is 1. The lowest BCUT2D eigenvalue weighted by Gasteiger charge is -2.29. The number of rotatable bonds is 4. The predicted octanol–water partition coefficient (Wildman–Crippen LogP) is 1.76. The van der Waals surface area contributed by atoms with Crippen LogP contribution in [-0.4, -0.2) is 40.0 Å². The Balaban J connectivity index is 4.77. The minimum absolute atomic E-state index is 0.240. The second kappa shape index (κ2) is 6.23. The van der Waals surface area contributed by atoms with Crippen molar-refractivity contribution in [1.29, 1.82) is 0 Å². The van der Waals surface area contributed by atoms with Crippen molar-refractivity contribution in [3.8, 4) is 0 Å². The maximum atomic E-state index is 11.6. The molecule has 0 saturated heterocycles. The van der Waals surface area contributed by atoms with E-state index in [-0.39, 0.29) is 5.41 Å². The summed E-state index contributed by atoms with van der Waals surface area (Å²) in [5, 5.41) is 20.9. The minimum atomic E-state index is -1.66. The average molecular weight is 275 g/mol. The Morgan fingerprint density at radius 1 is 1.16 bits per heavy atom. The van der Waals surface area contributed by atoms with E-state index in [1.165, 1.54) is 0 Å². The van der Waals surface area contributed by atoms with E-state index in [0.717, 1.165) is 0 Å². The van der Waals surface area contributed by atoms with Crippen LogP contribution in [-0.2, 0) is 9.53 Å². The second-order valence-corrected chi connectivity index (χ2v) is 6.80. The number of nitrogens with one attached hydrogen (secondary N) is 1. The van der Waals surface area contributed by atoms with Crippen molar-refractivity contribution in [3.05, 3.63) is 0 Å². The molecule has 0 aromatic rings. The highest BCUT2D eigenvalue weighted by atomic mass is 16.6. The number of aliphatic carboxylic acids is 1. The van der Waals surface area contributed by atoms with E-state index in [1.807, 2.05) is 20.8 Å². The summed E-state index contributed by atoms with van der Waals surface area (Å²) in [5.41, 5.74) is -0.916.